The maximum atomic E-state index is 13.7. The number of aromatic nitrogens is 3. The van der Waals surface area contributed by atoms with E-state index in [-0.39, 0.29) is 5.56 Å². The smallest absolute Gasteiger partial charge is 0.295 e. The van der Waals surface area contributed by atoms with Crippen LogP contribution in [-0.4, -0.2) is 65.9 Å². The quantitative estimate of drug-likeness (QED) is 0.373. The third kappa shape index (κ3) is 5.77. The first-order valence-corrected chi connectivity index (χ1v) is 12.7. The standard InChI is InChI=1S/C28H30ClN5O3/c1-19-17-21(5-8-23(19)29)24-9-10-25-27(32-24)34(18-20-3-6-22(36-2)7-4-20)28(35)26(31-25)30-11-12-33-13-15-37-16-14-33/h3-10,17H,11-16,18H2,1-2H3,(H,30,31). The van der Waals surface area contributed by atoms with Crippen LogP contribution in [0, 0.1) is 6.92 Å². The zero-order chi connectivity index (χ0) is 25.8. The number of pyridine rings is 1. The molecule has 4 aromatic rings. The molecule has 0 bridgehead atoms. The van der Waals surface area contributed by atoms with Crippen LogP contribution in [0.25, 0.3) is 22.4 Å². The summed E-state index contributed by atoms with van der Waals surface area (Å²) in [5.74, 6) is 1.09. The van der Waals surface area contributed by atoms with E-state index in [2.05, 4.69) is 15.2 Å². The normalized spacial score (nSPS) is 14.1. The molecule has 0 atom stereocenters. The number of methoxy groups -OCH3 is 1. The highest BCUT2D eigenvalue weighted by atomic mass is 35.5. The monoisotopic (exact) mass is 519 g/mol. The van der Waals surface area contributed by atoms with Crippen molar-refractivity contribution in [2.45, 2.75) is 13.5 Å². The largest absolute Gasteiger partial charge is 0.497 e. The van der Waals surface area contributed by atoms with Crippen molar-refractivity contribution in [2.24, 2.45) is 0 Å². The Bertz CT molecular complexity index is 1450. The van der Waals surface area contributed by atoms with Crippen LogP contribution in [0.5, 0.6) is 5.75 Å². The number of benzene rings is 2. The summed E-state index contributed by atoms with van der Waals surface area (Å²) >= 11 is 6.23. The molecular formula is C28H30ClN5O3. The zero-order valence-corrected chi connectivity index (χ0v) is 21.8. The molecule has 1 aliphatic heterocycles. The molecule has 3 heterocycles. The number of nitrogens with one attached hydrogen (secondary N) is 1. The van der Waals surface area contributed by atoms with Gasteiger partial charge in [-0.3, -0.25) is 14.3 Å². The Kier molecular flexibility index (Phi) is 7.69. The number of fused-ring (bicyclic) bond motifs is 1. The molecule has 0 unspecified atom stereocenters. The van der Waals surface area contributed by atoms with Gasteiger partial charge < -0.3 is 14.8 Å². The molecule has 0 spiro atoms. The maximum Gasteiger partial charge on any atom is 0.295 e. The van der Waals surface area contributed by atoms with Crippen molar-refractivity contribution in [1.82, 2.24) is 19.4 Å². The van der Waals surface area contributed by atoms with Crippen LogP contribution in [0.3, 0.4) is 0 Å². The molecule has 2 aromatic heterocycles. The van der Waals surface area contributed by atoms with Gasteiger partial charge in [-0.2, -0.15) is 0 Å². The summed E-state index contributed by atoms with van der Waals surface area (Å²) in [6.07, 6.45) is 0. The lowest BCUT2D eigenvalue weighted by molar-refractivity contribution is 0.0398. The number of hydrogen-bond donors (Lipinski definition) is 1. The van der Waals surface area contributed by atoms with Crippen LogP contribution in [0.15, 0.2) is 59.4 Å². The second-order valence-corrected chi connectivity index (χ2v) is 9.49. The highest BCUT2D eigenvalue weighted by molar-refractivity contribution is 6.31. The van der Waals surface area contributed by atoms with Gasteiger partial charge in [-0.05, 0) is 54.4 Å². The van der Waals surface area contributed by atoms with Gasteiger partial charge in [-0.25, -0.2) is 9.97 Å². The molecule has 0 saturated carbocycles. The third-order valence-electron chi connectivity index (χ3n) is 6.57. The molecule has 192 valence electrons. The van der Waals surface area contributed by atoms with Crippen molar-refractivity contribution in [3.05, 3.63) is 81.1 Å². The number of halogens is 1. The zero-order valence-electron chi connectivity index (χ0n) is 21.0. The molecule has 9 heteroatoms. The fourth-order valence-electron chi connectivity index (χ4n) is 4.42. The summed E-state index contributed by atoms with van der Waals surface area (Å²) in [6, 6.07) is 17.3. The molecule has 1 N–H and O–H groups in total. The van der Waals surface area contributed by atoms with Crippen molar-refractivity contribution in [3.63, 3.8) is 0 Å². The van der Waals surface area contributed by atoms with Crippen molar-refractivity contribution >= 4 is 28.6 Å². The van der Waals surface area contributed by atoms with Crippen molar-refractivity contribution in [1.29, 1.82) is 0 Å². The minimum Gasteiger partial charge on any atom is -0.497 e. The minimum absolute atomic E-state index is 0.206. The average molecular weight is 520 g/mol. The number of rotatable bonds is 8. The van der Waals surface area contributed by atoms with Crippen LogP contribution < -0.4 is 15.6 Å². The van der Waals surface area contributed by atoms with E-state index in [4.69, 9.17) is 26.1 Å². The van der Waals surface area contributed by atoms with E-state index in [0.717, 1.165) is 61.0 Å². The van der Waals surface area contributed by atoms with E-state index in [9.17, 15) is 4.79 Å². The van der Waals surface area contributed by atoms with E-state index in [1.54, 1.807) is 11.7 Å². The lowest BCUT2D eigenvalue weighted by atomic mass is 10.1. The molecular weight excluding hydrogens is 490 g/mol. The maximum absolute atomic E-state index is 13.7. The van der Waals surface area contributed by atoms with Crippen molar-refractivity contribution < 1.29 is 9.47 Å². The van der Waals surface area contributed by atoms with Gasteiger partial charge >= 0.3 is 0 Å². The second kappa shape index (κ2) is 11.3. The predicted octanol–water partition coefficient (Wildman–Crippen LogP) is 4.22. The van der Waals surface area contributed by atoms with Gasteiger partial charge in [0.1, 0.15) is 11.3 Å². The first-order valence-electron chi connectivity index (χ1n) is 12.4. The Morgan fingerprint density at radius 1 is 1.05 bits per heavy atom. The number of anilines is 1. The molecule has 0 radical (unpaired) electrons. The summed E-state index contributed by atoms with van der Waals surface area (Å²) < 4.78 is 12.4. The Balaban J connectivity index is 1.51. The summed E-state index contributed by atoms with van der Waals surface area (Å²) in [5, 5.41) is 3.97. The molecule has 0 amide bonds. The van der Waals surface area contributed by atoms with Gasteiger partial charge in [-0.15, -0.1) is 0 Å². The number of hydrogen-bond acceptors (Lipinski definition) is 7. The van der Waals surface area contributed by atoms with Gasteiger partial charge in [0.15, 0.2) is 11.5 Å². The predicted molar refractivity (Wildman–Crippen MR) is 147 cm³/mol. The first-order chi connectivity index (χ1) is 18.0. The number of morpholine rings is 1. The molecule has 0 aliphatic carbocycles. The second-order valence-electron chi connectivity index (χ2n) is 9.08. The molecule has 1 saturated heterocycles. The fraction of sp³-hybridized carbons (Fsp3) is 0.321. The number of aryl methyl sites for hydroxylation is 1. The van der Waals surface area contributed by atoms with E-state index >= 15 is 0 Å². The summed E-state index contributed by atoms with van der Waals surface area (Å²) in [4.78, 5) is 25.5. The highest BCUT2D eigenvalue weighted by Crippen LogP contribution is 2.25. The van der Waals surface area contributed by atoms with Crippen LogP contribution in [0.1, 0.15) is 11.1 Å². The number of nitrogens with zero attached hydrogens (tertiary/aromatic N) is 4. The summed E-state index contributed by atoms with van der Waals surface area (Å²) in [7, 11) is 1.63. The first kappa shape index (κ1) is 25.2. The Labute approximate surface area is 220 Å². The van der Waals surface area contributed by atoms with Crippen LogP contribution in [0.2, 0.25) is 5.02 Å². The van der Waals surface area contributed by atoms with Gasteiger partial charge in [-0.1, -0.05) is 29.8 Å². The van der Waals surface area contributed by atoms with Gasteiger partial charge in [0.2, 0.25) is 0 Å². The molecule has 5 rings (SSSR count). The molecule has 2 aromatic carbocycles. The van der Waals surface area contributed by atoms with Crippen LogP contribution in [-0.2, 0) is 11.3 Å². The van der Waals surface area contributed by atoms with E-state index < -0.39 is 0 Å². The summed E-state index contributed by atoms with van der Waals surface area (Å²) in [5.41, 5.74) is 4.59. The van der Waals surface area contributed by atoms with E-state index in [1.807, 2.05) is 61.5 Å². The van der Waals surface area contributed by atoms with Gasteiger partial charge in [0.05, 0.1) is 32.6 Å². The Hall–Kier alpha value is -3.46. The van der Waals surface area contributed by atoms with Gasteiger partial charge in [0.25, 0.3) is 5.56 Å². The van der Waals surface area contributed by atoms with Crippen molar-refractivity contribution in [2.75, 3.05) is 51.8 Å². The van der Waals surface area contributed by atoms with E-state index in [0.29, 0.717) is 35.1 Å². The fourth-order valence-corrected chi connectivity index (χ4v) is 4.53. The highest BCUT2D eigenvalue weighted by Gasteiger charge is 2.16. The van der Waals surface area contributed by atoms with Gasteiger partial charge in [0, 0.05) is 36.8 Å². The molecule has 1 fully saturated rings. The lowest BCUT2D eigenvalue weighted by Gasteiger charge is -2.26. The topological polar surface area (TPSA) is 81.5 Å². The molecule has 8 nitrogen and oxygen atoms in total. The van der Waals surface area contributed by atoms with Crippen LogP contribution in [0.4, 0.5) is 5.82 Å². The molecule has 37 heavy (non-hydrogen) atoms. The van der Waals surface area contributed by atoms with E-state index in [1.165, 1.54) is 0 Å². The minimum atomic E-state index is -0.206. The third-order valence-corrected chi connectivity index (χ3v) is 6.99. The average Bonchev–Trinajstić information content (AvgIpc) is 2.93. The lowest BCUT2D eigenvalue weighted by Crippen LogP contribution is -2.39. The SMILES string of the molecule is COc1ccc(Cn2c(=O)c(NCCN3CCOCC3)nc3ccc(-c4ccc(Cl)c(C)c4)nc32)cc1. The number of ether oxygens (including phenoxy) is 2. The summed E-state index contributed by atoms with van der Waals surface area (Å²) in [6.45, 7) is 7.02. The van der Waals surface area contributed by atoms with Crippen LogP contribution >= 0.6 is 11.6 Å². The molecule has 1 aliphatic rings. The van der Waals surface area contributed by atoms with Crippen molar-refractivity contribution in [3.8, 4) is 17.0 Å². The Morgan fingerprint density at radius 2 is 1.84 bits per heavy atom. The Morgan fingerprint density at radius 3 is 2.57 bits per heavy atom.